The molecule has 0 heterocycles. The molecule has 2 aromatic carbocycles. The summed E-state index contributed by atoms with van der Waals surface area (Å²) in [5.41, 5.74) is 1.20. The van der Waals surface area contributed by atoms with Crippen LogP contribution < -0.4 is 5.32 Å². The quantitative estimate of drug-likeness (QED) is 0.541. The summed E-state index contributed by atoms with van der Waals surface area (Å²) in [6.45, 7) is 2.08. The number of alkyl halides is 3. The minimum atomic E-state index is -4.50. The molecule has 0 atom stereocenters. The molecule has 0 fully saturated rings. The number of carbonyl (C=O) groups is 1. The van der Waals surface area contributed by atoms with Gasteiger partial charge in [0.15, 0.2) is 0 Å². The molecule has 0 spiro atoms. The van der Waals surface area contributed by atoms with Gasteiger partial charge in [-0.2, -0.15) is 13.2 Å². The van der Waals surface area contributed by atoms with E-state index in [-0.39, 0.29) is 29.9 Å². The monoisotopic (exact) mass is 368 g/mol. The zero-order chi connectivity index (χ0) is 18.6. The Bertz CT molecular complexity index is 803. The third-order valence-corrected chi connectivity index (χ3v) is 3.99. The van der Waals surface area contributed by atoms with E-state index in [2.05, 4.69) is 5.32 Å². The number of hydrogen-bond donors (Lipinski definition) is 2. The first-order valence-corrected chi connectivity index (χ1v) is 7.81. The highest BCUT2D eigenvalue weighted by molar-refractivity contribution is 6.31. The fourth-order valence-electron chi connectivity index (χ4n) is 2.31. The van der Waals surface area contributed by atoms with Gasteiger partial charge in [-0.1, -0.05) is 29.8 Å². The van der Waals surface area contributed by atoms with Crippen LogP contribution in [-0.2, 0) is 17.5 Å². The van der Waals surface area contributed by atoms with Crippen molar-refractivity contribution in [3.05, 3.63) is 63.7 Å². The molecule has 0 saturated carbocycles. The van der Waals surface area contributed by atoms with E-state index >= 15 is 0 Å². The van der Waals surface area contributed by atoms with Crippen molar-refractivity contribution in [3.8, 4) is 0 Å². The molecule has 0 bridgehead atoms. The molecule has 0 saturated heterocycles. The third-order valence-electron chi connectivity index (χ3n) is 3.64. The molecule has 7 heteroatoms. The molecular weight excluding hydrogens is 353 g/mol. The molecule has 0 unspecified atom stereocenters. The predicted molar refractivity (Wildman–Crippen MR) is 92.5 cm³/mol. The van der Waals surface area contributed by atoms with Crippen LogP contribution in [0.5, 0.6) is 0 Å². The predicted octanol–water partition coefficient (Wildman–Crippen LogP) is 5.24. The smallest absolute Gasteiger partial charge is 0.380 e. The number of halogens is 4. The lowest BCUT2D eigenvalue weighted by Gasteiger charge is -2.16. The molecule has 2 N–H and O–H groups in total. The average Bonchev–Trinajstić information content (AvgIpc) is 2.53. The van der Waals surface area contributed by atoms with Crippen LogP contribution >= 0.6 is 11.6 Å². The number of anilines is 1. The maximum atomic E-state index is 13.0. The maximum absolute atomic E-state index is 13.0. The molecule has 2 aromatic rings. The Labute approximate surface area is 148 Å². The largest absolute Gasteiger partial charge is 0.416 e. The van der Waals surface area contributed by atoms with Crippen LogP contribution in [0.4, 0.5) is 18.9 Å². The first-order valence-electron chi connectivity index (χ1n) is 7.44. The van der Waals surface area contributed by atoms with Crippen molar-refractivity contribution in [1.82, 2.24) is 0 Å². The van der Waals surface area contributed by atoms with Crippen LogP contribution in [0.15, 0.2) is 36.4 Å². The molecule has 25 heavy (non-hydrogen) atoms. The Morgan fingerprint density at radius 3 is 2.56 bits per heavy atom. The van der Waals surface area contributed by atoms with Crippen molar-refractivity contribution in [2.45, 2.75) is 26.1 Å². The van der Waals surface area contributed by atoms with Gasteiger partial charge in [-0.15, -0.1) is 0 Å². The molecule has 0 amide bonds. The number of aryl methyl sites for hydroxylation is 1. The number of benzene rings is 2. The fourth-order valence-corrected chi connectivity index (χ4v) is 2.61. The summed E-state index contributed by atoms with van der Waals surface area (Å²) in [5, 5.41) is 11.3. The van der Waals surface area contributed by atoms with Gasteiger partial charge in [0.1, 0.15) is 6.29 Å². The number of aldehydes is 1. The highest BCUT2D eigenvalue weighted by Crippen LogP contribution is 2.33. The maximum Gasteiger partial charge on any atom is 0.416 e. The summed E-state index contributed by atoms with van der Waals surface area (Å²) in [6.07, 6.45) is -4.13. The van der Waals surface area contributed by atoms with Gasteiger partial charge in [-0.25, -0.2) is 0 Å². The number of carbonyl (C=O) groups excluding carboxylic acids is 1. The molecular formula is C18H16ClF3N2O. The van der Waals surface area contributed by atoms with Gasteiger partial charge in [0.25, 0.3) is 0 Å². The lowest BCUT2D eigenvalue weighted by atomic mass is 10.0. The van der Waals surface area contributed by atoms with Gasteiger partial charge in [-0.3, -0.25) is 0 Å². The molecule has 0 radical (unpaired) electrons. The van der Waals surface area contributed by atoms with Crippen molar-refractivity contribution in [2.24, 2.45) is 0 Å². The van der Waals surface area contributed by atoms with Gasteiger partial charge in [0.2, 0.25) is 0 Å². The van der Waals surface area contributed by atoms with Gasteiger partial charge in [0, 0.05) is 35.0 Å². The van der Waals surface area contributed by atoms with Crippen molar-refractivity contribution >= 4 is 29.3 Å². The van der Waals surface area contributed by atoms with Crippen LogP contribution in [0.2, 0.25) is 5.02 Å². The van der Waals surface area contributed by atoms with Crippen LogP contribution in [0.25, 0.3) is 0 Å². The molecule has 132 valence electrons. The summed E-state index contributed by atoms with van der Waals surface area (Å²) in [4.78, 5) is 10.6. The van der Waals surface area contributed by atoms with Gasteiger partial charge in [0.05, 0.1) is 5.56 Å². The highest BCUT2D eigenvalue weighted by Gasteiger charge is 2.31. The minimum absolute atomic E-state index is 0.0544. The summed E-state index contributed by atoms with van der Waals surface area (Å²) in [7, 11) is 0. The zero-order valence-corrected chi connectivity index (χ0v) is 14.1. The lowest BCUT2D eigenvalue weighted by molar-refractivity contribution is -0.137. The molecule has 2 rings (SSSR count). The highest BCUT2D eigenvalue weighted by atomic mass is 35.5. The summed E-state index contributed by atoms with van der Waals surface area (Å²) in [6, 6.07) is 8.45. The Morgan fingerprint density at radius 2 is 1.96 bits per heavy atom. The van der Waals surface area contributed by atoms with Gasteiger partial charge in [-0.05, 0) is 36.2 Å². The van der Waals surface area contributed by atoms with E-state index in [1.54, 1.807) is 12.1 Å². The zero-order valence-electron chi connectivity index (χ0n) is 13.4. The van der Waals surface area contributed by atoms with E-state index in [1.807, 2.05) is 13.0 Å². The average molecular weight is 369 g/mol. The van der Waals surface area contributed by atoms with Gasteiger partial charge >= 0.3 is 6.18 Å². The van der Waals surface area contributed by atoms with Crippen LogP contribution in [0.1, 0.15) is 28.7 Å². The second kappa shape index (κ2) is 7.70. The Hall–Kier alpha value is -2.34. The second-order valence-electron chi connectivity index (χ2n) is 5.56. The second-order valence-corrected chi connectivity index (χ2v) is 5.96. The van der Waals surface area contributed by atoms with E-state index in [1.165, 1.54) is 6.07 Å². The number of nitrogens with one attached hydrogen (secondary N) is 2. The van der Waals surface area contributed by atoms with E-state index in [9.17, 15) is 18.0 Å². The molecule has 0 aromatic heterocycles. The number of hydrogen-bond acceptors (Lipinski definition) is 3. The molecule has 3 nitrogen and oxygen atoms in total. The fraction of sp³-hybridized carbons (Fsp3) is 0.222. The van der Waals surface area contributed by atoms with Crippen molar-refractivity contribution in [1.29, 1.82) is 5.41 Å². The summed E-state index contributed by atoms with van der Waals surface area (Å²) >= 11 is 6.14. The Kier molecular flexibility index (Phi) is 5.85. The molecule has 0 aliphatic rings. The Balaban J connectivity index is 2.34. The van der Waals surface area contributed by atoms with Crippen molar-refractivity contribution < 1.29 is 18.0 Å². The first-order chi connectivity index (χ1) is 11.7. The number of rotatable bonds is 6. The normalized spacial score (nSPS) is 11.2. The molecule has 0 aliphatic heterocycles. The standard InChI is InChI=1S/C18H16ClF3N2O/c1-11-2-3-12(15(19)8-11)10-24-17-9-13(18(20,21)22)4-5-14(17)16(23)6-7-25/h2-5,7-9,23-24H,6,10H2,1H3. The minimum Gasteiger partial charge on any atom is -0.380 e. The van der Waals surface area contributed by atoms with Gasteiger partial charge < -0.3 is 15.5 Å². The van der Waals surface area contributed by atoms with Crippen molar-refractivity contribution in [3.63, 3.8) is 0 Å². The van der Waals surface area contributed by atoms with E-state index < -0.39 is 11.7 Å². The lowest BCUT2D eigenvalue weighted by Crippen LogP contribution is -2.11. The summed E-state index contributed by atoms with van der Waals surface area (Å²) < 4.78 is 38.9. The van der Waals surface area contributed by atoms with E-state index in [0.29, 0.717) is 11.3 Å². The van der Waals surface area contributed by atoms with Crippen LogP contribution in [0.3, 0.4) is 0 Å². The summed E-state index contributed by atoms with van der Waals surface area (Å²) in [5.74, 6) is 0. The van der Waals surface area contributed by atoms with Crippen LogP contribution in [-0.4, -0.2) is 12.0 Å². The third kappa shape index (κ3) is 4.82. The van der Waals surface area contributed by atoms with Crippen LogP contribution in [0, 0.1) is 12.3 Å². The van der Waals surface area contributed by atoms with E-state index in [0.717, 1.165) is 23.3 Å². The topological polar surface area (TPSA) is 53.0 Å². The Morgan fingerprint density at radius 1 is 1.24 bits per heavy atom. The SMILES string of the molecule is Cc1ccc(CNc2cc(C(F)(F)F)ccc2C(=N)CC=O)c(Cl)c1. The van der Waals surface area contributed by atoms with E-state index in [4.69, 9.17) is 17.0 Å². The van der Waals surface area contributed by atoms with Crippen molar-refractivity contribution in [2.75, 3.05) is 5.32 Å². The molecule has 0 aliphatic carbocycles. The first kappa shape index (κ1) is 19.0.